The number of benzene rings is 2. The van der Waals surface area contributed by atoms with Crippen LogP contribution in [0.3, 0.4) is 0 Å². The van der Waals surface area contributed by atoms with Gasteiger partial charge in [-0.3, -0.25) is 0 Å². The first kappa shape index (κ1) is 27.1. The molecule has 1 atom stereocenters. The van der Waals surface area contributed by atoms with E-state index in [0.29, 0.717) is 57.7 Å². The Labute approximate surface area is 241 Å². The Morgan fingerprint density at radius 2 is 1.92 bits per heavy atom. The normalized spacial score (nSPS) is 14.5. The average molecular weight is 631 g/mol. The Balaban J connectivity index is 1.53. The number of hydrogen-bond acceptors (Lipinski definition) is 12. The molecule has 11 nitrogen and oxygen atoms in total. The summed E-state index contributed by atoms with van der Waals surface area (Å²) in [6.45, 7) is 4.70. The fraction of sp³-hybridized carbons (Fsp3) is 0.280. The van der Waals surface area contributed by atoms with Gasteiger partial charge >= 0.3 is 5.97 Å². The van der Waals surface area contributed by atoms with Gasteiger partial charge in [0.2, 0.25) is 5.95 Å². The molecule has 2 aromatic heterocycles. The highest BCUT2D eigenvalue weighted by molar-refractivity contribution is 9.10. The molecule has 5 rings (SSSR count). The van der Waals surface area contributed by atoms with Crippen molar-refractivity contribution in [3.63, 3.8) is 0 Å². The number of thioether (sulfide) groups is 1. The second-order valence-corrected chi connectivity index (χ2v) is 11.1. The van der Waals surface area contributed by atoms with E-state index in [1.54, 1.807) is 4.68 Å². The number of nitrogens with one attached hydrogen (secondary N) is 1. The Morgan fingerprint density at radius 1 is 1.13 bits per heavy atom. The topological polar surface area (TPSA) is 126 Å². The van der Waals surface area contributed by atoms with Crippen LogP contribution in [0.2, 0.25) is 0 Å². The quantitative estimate of drug-likeness (QED) is 0.188. The molecule has 4 aromatic rings. The van der Waals surface area contributed by atoms with Gasteiger partial charge in [-0.15, -0.1) is 10.2 Å². The predicted molar refractivity (Wildman–Crippen MR) is 151 cm³/mol. The standard InChI is InChI=1S/C25H24BrN7O4S2/c1-4-36-18-12-15(11-16(26)21(18)37-5-2)20-19(23(34)35-3)17(27-24-29-31-32-33(20)24)13-38-25-30-28-22(39-25)14-9-7-6-8-10-14/h6-12,20H,4-5,13H2,1-3H3,(H,27,29,32). The van der Waals surface area contributed by atoms with Crippen molar-refractivity contribution in [1.29, 1.82) is 0 Å². The van der Waals surface area contributed by atoms with E-state index in [4.69, 9.17) is 14.2 Å². The second-order valence-electron chi connectivity index (χ2n) is 8.08. The molecule has 0 bridgehead atoms. The summed E-state index contributed by atoms with van der Waals surface area (Å²) in [7, 11) is 1.35. The number of carbonyl (C=O) groups excluding carboxylic acids is 1. The number of methoxy groups -OCH3 is 1. The van der Waals surface area contributed by atoms with E-state index in [0.717, 1.165) is 14.9 Å². The third kappa shape index (κ3) is 5.63. The van der Waals surface area contributed by atoms with Crippen molar-refractivity contribution in [1.82, 2.24) is 30.4 Å². The monoisotopic (exact) mass is 629 g/mol. The van der Waals surface area contributed by atoms with Crippen molar-refractivity contribution in [3.8, 4) is 22.1 Å². The first-order valence-electron chi connectivity index (χ1n) is 12.0. The maximum atomic E-state index is 13.3. The molecular formula is C25H24BrN7O4S2. The summed E-state index contributed by atoms with van der Waals surface area (Å²) in [6.07, 6.45) is 0. The number of tetrazole rings is 1. The van der Waals surface area contributed by atoms with Crippen molar-refractivity contribution in [3.05, 3.63) is 63.8 Å². The number of halogens is 1. The zero-order valence-corrected chi connectivity index (χ0v) is 24.5. The van der Waals surface area contributed by atoms with Crippen LogP contribution in [0.25, 0.3) is 10.6 Å². The Kier molecular flexibility index (Phi) is 8.43. The van der Waals surface area contributed by atoms with Crippen LogP contribution in [0, 0.1) is 0 Å². The summed E-state index contributed by atoms with van der Waals surface area (Å²) in [5, 5.41) is 24.8. The van der Waals surface area contributed by atoms with Crippen LogP contribution in [0.1, 0.15) is 25.5 Å². The zero-order chi connectivity index (χ0) is 27.4. The van der Waals surface area contributed by atoms with Crippen molar-refractivity contribution in [2.45, 2.75) is 24.2 Å². The summed E-state index contributed by atoms with van der Waals surface area (Å²) < 4.78 is 19.9. The third-order valence-corrected chi connectivity index (χ3v) is 8.43. The SMILES string of the molecule is CCOc1cc(C2C(C(=O)OC)=C(CSc3nnc(-c4ccccc4)s3)Nc3nnnn32)cc(Br)c1OCC. The van der Waals surface area contributed by atoms with Gasteiger partial charge in [-0.2, -0.15) is 4.68 Å². The number of rotatable bonds is 10. The Morgan fingerprint density at radius 3 is 2.67 bits per heavy atom. The van der Waals surface area contributed by atoms with Gasteiger partial charge in [-0.1, -0.05) is 58.5 Å². The van der Waals surface area contributed by atoms with Crippen LogP contribution >= 0.6 is 39.0 Å². The molecule has 14 heteroatoms. The molecule has 3 heterocycles. The highest BCUT2D eigenvalue weighted by Crippen LogP contribution is 2.43. The first-order chi connectivity index (χ1) is 19.0. The lowest BCUT2D eigenvalue weighted by atomic mass is 9.95. The van der Waals surface area contributed by atoms with Gasteiger partial charge in [0.05, 0.1) is 30.4 Å². The molecule has 0 aliphatic carbocycles. The van der Waals surface area contributed by atoms with E-state index >= 15 is 0 Å². The van der Waals surface area contributed by atoms with Crippen LogP contribution in [0.4, 0.5) is 5.95 Å². The summed E-state index contributed by atoms with van der Waals surface area (Å²) in [6, 6.07) is 12.9. The highest BCUT2D eigenvalue weighted by atomic mass is 79.9. The van der Waals surface area contributed by atoms with Crippen LogP contribution in [-0.2, 0) is 9.53 Å². The summed E-state index contributed by atoms with van der Waals surface area (Å²) in [4.78, 5) is 13.3. The van der Waals surface area contributed by atoms with Crippen molar-refractivity contribution >= 4 is 50.9 Å². The molecule has 0 spiro atoms. The van der Waals surface area contributed by atoms with Crippen LogP contribution < -0.4 is 14.8 Å². The van der Waals surface area contributed by atoms with Crippen molar-refractivity contribution in [2.75, 3.05) is 31.4 Å². The molecule has 1 N–H and O–H groups in total. The van der Waals surface area contributed by atoms with E-state index in [1.165, 1.54) is 30.2 Å². The highest BCUT2D eigenvalue weighted by Gasteiger charge is 2.37. The van der Waals surface area contributed by atoms with E-state index in [-0.39, 0.29) is 0 Å². The Bertz CT molecular complexity index is 1510. The lowest BCUT2D eigenvalue weighted by molar-refractivity contribution is -0.136. The lowest BCUT2D eigenvalue weighted by Gasteiger charge is -2.29. The number of ether oxygens (including phenoxy) is 3. The van der Waals surface area contributed by atoms with Crippen LogP contribution in [0.5, 0.6) is 11.5 Å². The van der Waals surface area contributed by atoms with E-state index in [9.17, 15) is 4.79 Å². The fourth-order valence-electron chi connectivity index (χ4n) is 4.10. The molecule has 0 fully saturated rings. The summed E-state index contributed by atoms with van der Waals surface area (Å²) in [5.74, 6) is 1.40. The molecule has 1 aliphatic rings. The smallest absolute Gasteiger partial charge is 0.338 e. The number of anilines is 1. The Hall–Kier alpha value is -3.49. The predicted octanol–water partition coefficient (Wildman–Crippen LogP) is 4.99. The molecule has 2 aromatic carbocycles. The molecule has 0 saturated heterocycles. The summed E-state index contributed by atoms with van der Waals surface area (Å²) >= 11 is 6.55. The number of hydrogen-bond donors (Lipinski definition) is 1. The maximum absolute atomic E-state index is 13.3. The molecule has 1 aliphatic heterocycles. The van der Waals surface area contributed by atoms with Gasteiger partial charge in [0.15, 0.2) is 15.8 Å². The molecule has 0 saturated carbocycles. The first-order valence-corrected chi connectivity index (χ1v) is 14.6. The number of aromatic nitrogens is 6. The number of fused-ring (bicyclic) bond motifs is 1. The number of nitrogens with zero attached hydrogens (tertiary/aromatic N) is 6. The van der Waals surface area contributed by atoms with E-state index in [2.05, 4.69) is 47.0 Å². The molecule has 0 amide bonds. The van der Waals surface area contributed by atoms with Crippen molar-refractivity contribution in [2.24, 2.45) is 0 Å². The molecule has 0 radical (unpaired) electrons. The largest absolute Gasteiger partial charge is 0.490 e. The average Bonchev–Trinajstić information content (AvgIpc) is 3.63. The van der Waals surface area contributed by atoms with E-state index < -0.39 is 12.0 Å². The summed E-state index contributed by atoms with van der Waals surface area (Å²) in [5.41, 5.74) is 2.70. The van der Waals surface area contributed by atoms with Gasteiger partial charge in [-0.25, -0.2) is 4.79 Å². The van der Waals surface area contributed by atoms with Gasteiger partial charge < -0.3 is 19.5 Å². The van der Waals surface area contributed by atoms with E-state index in [1.807, 2.05) is 56.3 Å². The molecular weight excluding hydrogens is 606 g/mol. The second kappa shape index (κ2) is 12.1. The minimum absolute atomic E-state index is 0.371. The number of carbonyl (C=O) groups is 1. The van der Waals surface area contributed by atoms with Gasteiger partial charge in [0.25, 0.3) is 0 Å². The van der Waals surface area contributed by atoms with Gasteiger partial charge in [0, 0.05) is 17.0 Å². The molecule has 1 unspecified atom stereocenters. The lowest BCUT2D eigenvalue weighted by Crippen LogP contribution is -2.31. The van der Waals surface area contributed by atoms with Gasteiger partial charge in [0.1, 0.15) is 11.0 Å². The van der Waals surface area contributed by atoms with Crippen molar-refractivity contribution < 1.29 is 19.0 Å². The minimum atomic E-state index is -0.681. The maximum Gasteiger partial charge on any atom is 0.338 e. The van der Waals surface area contributed by atoms with Crippen LogP contribution in [-0.4, -0.2) is 62.5 Å². The molecule has 202 valence electrons. The van der Waals surface area contributed by atoms with Crippen LogP contribution in [0.15, 0.2) is 62.5 Å². The minimum Gasteiger partial charge on any atom is -0.490 e. The van der Waals surface area contributed by atoms with Gasteiger partial charge in [-0.05, 0) is 57.9 Å². The number of esters is 1. The third-order valence-electron chi connectivity index (χ3n) is 5.71. The zero-order valence-electron chi connectivity index (χ0n) is 21.3. The fourth-order valence-corrected chi connectivity index (χ4v) is 6.50. The molecule has 39 heavy (non-hydrogen) atoms.